The second-order valence-corrected chi connectivity index (χ2v) is 3.66. The van der Waals surface area contributed by atoms with Gasteiger partial charge in [0.05, 0.1) is 5.69 Å². The second-order valence-electron chi connectivity index (χ2n) is 3.66. The molecule has 3 heterocycles. The van der Waals surface area contributed by atoms with Crippen LogP contribution in [0.4, 0.5) is 0 Å². The van der Waals surface area contributed by atoms with E-state index >= 15 is 0 Å². The Morgan fingerprint density at radius 3 is 2.71 bits per heavy atom. The summed E-state index contributed by atoms with van der Waals surface area (Å²) in [5.41, 5.74) is 2.03. The molecule has 0 fully saturated rings. The monoisotopic (exact) mass is 225 g/mol. The highest BCUT2D eigenvalue weighted by Crippen LogP contribution is 2.17. The van der Waals surface area contributed by atoms with Crippen LogP contribution < -0.4 is 0 Å². The molecule has 0 unspecified atom stereocenters. The van der Waals surface area contributed by atoms with Gasteiger partial charge in [0, 0.05) is 30.6 Å². The number of pyridine rings is 1. The first-order valence-electron chi connectivity index (χ1n) is 5.49. The molecule has 3 aromatic rings. The Bertz CT molecular complexity index is 644. The van der Waals surface area contributed by atoms with E-state index in [1.807, 2.05) is 25.1 Å². The average molecular weight is 225 g/mol. The fourth-order valence-electron chi connectivity index (χ4n) is 1.73. The zero-order valence-corrected chi connectivity index (χ0v) is 9.41. The fraction of sp³-hybridized carbons (Fsp3) is 0.167. The van der Waals surface area contributed by atoms with Crippen molar-refractivity contribution in [3.05, 3.63) is 42.6 Å². The molecule has 0 aromatic carbocycles. The van der Waals surface area contributed by atoms with Gasteiger partial charge in [0.25, 0.3) is 5.78 Å². The topological polar surface area (TPSA) is 56.0 Å². The number of hydrogen-bond acceptors (Lipinski definition) is 4. The molecule has 84 valence electrons. The van der Waals surface area contributed by atoms with Crippen molar-refractivity contribution in [2.24, 2.45) is 0 Å². The SMILES string of the molecule is CCc1nc2nccc(-c3ccncc3)n2n1. The van der Waals surface area contributed by atoms with Crippen molar-refractivity contribution in [3.8, 4) is 11.3 Å². The van der Waals surface area contributed by atoms with Crippen LogP contribution in [-0.2, 0) is 6.42 Å². The maximum absolute atomic E-state index is 4.43. The van der Waals surface area contributed by atoms with Crippen LogP contribution in [0.1, 0.15) is 12.7 Å². The van der Waals surface area contributed by atoms with Gasteiger partial charge >= 0.3 is 0 Å². The Morgan fingerprint density at radius 2 is 1.94 bits per heavy atom. The molecule has 3 aromatic heterocycles. The molecule has 17 heavy (non-hydrogen) atoms. The summed E-state index contributed by atoms with van der Waals surface area (Å²) >= 11 is 0. The van der Waals surface area contributed by atoms with Crippen molar-refractivity contribution in [2.75, 3.05) is 0 Å². The van der Waals surface area contributed by atoms with Gasteiger partial charge in [0.15, 0.2) is 5.82 Å². The minimum absolute atomic E-state index is 0.635. The van der Waals surface area contributed by atoms with E-state index in [9.17, 15) is 0 Å². The minimum Gasteiger partial charge on any atom is -0.265 e. The van der Waals surface area contributed by atoms with Crippen molar-refractivity contribution in [1.29, 1.82) is 0 Å². The van der Waals surface area contributed by atoms with E-state index in [-0.39, 0.29) is 0 Å². The summed E-state index contributed by atoms with van der Waals surface area (Å²) in [4.78, 5) is 12.6. The van der Waals surface area contributed by atoms with Crippen LogP contribution in [-0.4, -0.2) is 24.6 Å². The van der Waals surface area contributed by atoms with Crippen molar-refractivity contribution < 1.29 is 0 Å². The molecule has 0 amide bonds. The number of nitrogens with zero attached hydrogens (tertiary/aromatic N) is 5. The Hall–Kier alpha value is -2.30. The maximum Gasteiger partial charge on any atom is 0.252 e. The fourth-order valence-corrected chi connectivity index (χ4v) is 1.73. The Balaban J connectivity index is 2.26. The van der Waals surface area contributed by atoms with E-state index in [1.165, 1.54) is 0 Å². The molecule has 0 spiro atoms. The van der Waals surface area contributed by atoms with Crippen LogP contribution >= 0.6 is 0 Å². The van der Waals surface area contributed by atoms with Gasteiger partial charge in [-0.15, -0.1) is 5.10 Å². The summed E-state index contributed by atoms with van der Waals surface area (Å²) in [6.07, 6.45) is 6.08. The van der Waals surface area contributed by atoms with Gasteiger partial charge in [-0.25, -0.2) is 4.98 Å². The summed E-state index contributed by atoms with van der Waals surface area (Å²) in [6.45, 7) is 2.03. The molecule has 0 aliphatic carbocycles. The average Bonchev–Trinajstić information content (AvgIpc) is 2.82. The van der Waals surface area contributed by atoms with Gasteiger partial charge in [-0.2, -0.15) is 9.50 Å². The summed E-state index contributed by atoms with van der Waals surface area (Å²) in [7, 11) is 0. The molecule has 5 heteroatoms. The lowest BCUT2D eigenvalue weighted by Gasteiger charge is -2.02. The van der Waals surface area contributed by atoms with Crippen LogP contribution in [0, 0.1) is 0 Å². The predicted molar refractivity (Wildman–Crippen MR) is 63.4 cm³/mol. The Labute approximate surface area is 98.2 Å². The molecule has 0 aliphatic heterocycles. The smallest absolute Gasteiger partial charge is 0.252 e. The van der Waals surface area contributed by atoms with E-state index in [0.29, 0.717) is 5.78 Å². The third kappa shape index (κ3) is 1.65. The molecule has 0 bridgehead atoms. The Morgan fingerprint density at radius 1 is 1.12 bits per heavy atom. The summed E-state index contributed by atoms with van der Waals surface area (Å²) in [6, 6.07) is 5.82. The highest BCUT2D eigenvalue weighted by atomic mass is 15.3. The van der Waals surface area contributed by atoms with Crippen LogP contribution in [0.2, 0.25) is 0 Å². The number of aromatic nitrogens is 5. The third-order valence-electron chi connectivity index (χ3n) is 2.58. The molecule has 0 radical (unpaired) electrons. The van der Waals surface area contributed by atoms with Crippen LogP contribution in [0.5, 0.6) is 0 Å². The van der Waals surface area contributed by atoms with Crippen LogP contribution in [0.25, 0.3) is 17.0 Å². The van der Waals surface area contributed by atoms with Crippen molar-refractivity contribution in [2.45, 2.75) is 13.3 Å². The lowest BCUT2D eigenvalue weighted by Crippen LogP contribution is -1.96. The number of aryl methyl sites for hydroxylation is 1. The standard InChI is InChI=1S/C12H11N5/c1-2-11-15-12-14-8-5-10(17(12)16-11)9-3-6-13-7-4-9/h3-8H,2H2,1H3. The summed E-state index contributed by atoms with van der Waals surface area (Å²) in [5.74, 6) is 1.44. The van der Waals surface area contributed by atoms with E-state index in [1.54, 1.807) is 23.1 Å². The summed E-state index contributed by atoms with van der Waals surface area (Å²) in [5, 5.41) is 4.43. The van der Waals surface area contributed by atoms with Gasteiger partial charge in [0.2, 0.25) is 0 Å². The second kappa shape index (κ2) is 3.93. The Kier molecular flexibility index (Phi) is 2.29. The van der Waals surface area contributed by atoms with Crippen molar-refractivity contribution in [3.63, 3.8) is 0 Å². The van der Waals surface area contributed by atoms with E-state index in [4.69, 9.17) is 0 Å². The molecule has 3 rings (SSSR count). The predicted octanol–water partition coefficient (Wildman–Crippen LogP) is 1.75. The van der Waals surface area contributed by atoms with Crippen molar-refractivity contribution >= 4 is 5.78 Å². The highest BCUT2D eigenvalue weighted by Gasteiger charge is 2.08. The lowest BCUT2D eigenvalue weighted by molar-refractivity contribution is 0.885. The quantitative estimate of drug-likeness (QED) is 0.666. The van der Waals surface area contributed by atoms with Gasteiger partial charge in [-0.05, 0) is 18.2 Å². The molecule has 0 aliphatic rings. The molecule has 0 atom stereocenters. The minimum atomic E-state index is 0.635. The normalized spacial score (nSPS) is 10.9. The van der Waals surface area contributed by atoms with E-state index < -0.39 is 0 Å². The molecular weight excluding hydrogens is 214 g/mol. The third-order valence-corrected chi connectivity index (χ3v) is 2.58. The van der Waals surface area contributed by atoms with E-state index in [2.05, 4.69) is 20.1 Å². The van der Waals surface area contributed by atoms with Crippen molar-refractivity contribution in [1.82, 2.24) is 24.6 Å². The largest absolute Gasteiger partial charge is 0.265 e. The lowest BCUT2D eigenvalue weighted by atomic mass is 10.2. The summed E-state index contributed by atoms with van der Waals surface area (Å²) < 4.78 is 1.77. The first-order valence-corrected chi connectivity index (χ1v) is 5.49. The maximum atomic E-state index is 4.43. The number of rotatable bonds is 2. The molecule has 5 nitrogen and oxygen atoms in total. The van der Waals surface area contributed by atoms with Crippen LogP contribution in [0.15, 0.2) is 36.8 Å². The molecule has 0 saturated heterocycles. The zero-order valence-electron chi connectivity index (χ0n) is 9.41. The molecular formula is C12H11N5. The van der Waals surface area contributed by atoms with Crippen LogP contribution in [0.3, 0.4) is 0 Å². The molecule has 0 N–H and O–H groups in total. The number of hydrogen-bond donors (Lipinski definition) is 0. The number of fused-ring (bicyclic) bond motifs is 1. The zero-order chi connectivity index (χ0) is 11.7. The van der Waals surface area contributed by atoms with E-state index in [0.717, 1.165) is 23.5 Å². The van der Waals surface area contributed by atoms with Gasteiger partial charge in [-0.1, -0.05) is 6.92 Å². The van der Waals surface area contributed by atoms with Gasteiger partial charge in [0.1, 0.15) is 0 Å². The van der Waals surface area contributed by atoms with Gasteiger partial charge < -0.3 is 0 Å². The first-order chi connectivity index (χ1) is 8.38. The molecule has 0 saturated carbocycles. The highest BCUT2D eigenvalue weighted by molar-refractivity contribution is 5.60. The first kappa shape index (κ1) is 9.89. The van der Waals surface area contributed by atoms with Gasteiger partial charge in [-0.3, -0.25) is 4.98 Å².